The maximum Gasteiger partial charge on any atom is 0.191 e. The molecule has 5 heteroatoms. The molecule has 0 saturated heterocycles. The molecule has 3 N–H and O–H groups in total. The van der Waals surface area contributed by atoms with Crippen LogP contribution in [-0.2, 0) is 13.2 Å². The van der Waals surface area contributed by atoms with Crippen molar-refractivity contribution < 1.29 is 9.50 Å². The van der Waals surface area contributed by atoms with E-state index in [1.165, 1.54) is 18.9 Å². The highest BCUT2D eigenvalue weighted by atomic mass is 19.1. The van der Waals surface area contributed by atoms with Crippen LogP contribution in [-0.4, -0.2) is 23.7 Å². The highest BCUT2D eigenvalue weighted by Gasteiger charge is 2.07. The number of rotatable bonds is 9. The van der Waals surface area contributed by atoms with Crippen molar-refractivity contribution in [1.82, 2.24) is 10.6 Å². The topological polar surface area (TPSA) is 56.7 Å². The zero-order valence-electron chi connectivity index (χ0n) is 15.4. The van der Waals surface area contributed by atoms with Crippen LogP contribution in [0, 0.1) is 11.7 Å². The van der Waals surface area contributed by atoms with Gasteiger partial charge in [0.2, 0.25) is 0 Å². The first kappa shape index (κ1) is 20.4. The Kier molecular flexibility index (Phi) is 9.38. The standard InChI is InChI=1S/C19H32FN3O/c1-5-21-19(23-15(4)8-6-7-14(2)3)22-12-16-9-10-18(20)17(11-16)13-24/h9-11,14-15,24H,5-8,12-13H2,1-4H3,(H2,21,22,23). The van der Waals surface area contributed by atoms with Crippen LogP contribution in [0.25, 0.3) is 0 Å². The van der Waals surface area contributed by atoms with Gasteiger partial charge in [-0.2, -0.15) is 0 Å². The second-order valence-corrected chi connectivity index (χ2v) is 6.65. The van der Waals surface area contributed by atoms with Gasteiger partial charge in [0.1, 0.15) is 5.82 Å². The molecular weight excluding hydrogens is 305 g/mol. The van der Waals surface area contributed by atoms with Crippen LogP contribution in [0.15, 0.2) is 23.2 Å². The van der Waals surface area contributed by atoms with E-state index in [-0.39, 0.29) is 12.4 Å². The number of aliphatic hydroxyl groups excluding tert-OH is 1. The van der Waals surface area contributed by atoms with Gasteiger partial charge in [0, 0.05) is 18.2 Å². The number of hydrogen-bond acceptors (Lipinski definition) is 2. The summed E-state index contributed by atoms with van der Waals surface area (Å²) in [6.45, 7) is 9.61. The lowest BCUT2D eigenvalue weighted by Crippen LogP contribution is -2.42. The largest absolute Gasteiger partial charge is 0.392 e. The number of guanidine groups is 1. The maximum absolute atomic E-state index is 13.4. The Bertz CT molecular complexity index is 517. The zero-order valence-corrected chi connectivity index (χ0v) is 15.4. The Labute approximate surface area is 145 Å². The minimum Gasteiger partial charge on any atom is -0.392 e. The van der Waals surface area contributed by atoms with E-state index in [1.54, 1.807) is 12.1 Å². The molecule has 0 radical (unpaired) electrons. The highest BCUT2D eigenvalue weighted by molar-refractivity contribution is 5.80. The van der Waals surface area contributed by atoms with Crippen LogP contribution in [0.2, 0.25) is 0 Å². The minimum absolute atomic E-state index is 0.297. The molecule has 0 fully saturated rings. The van der Waals surface area contributed by atoms with Crippen molar-refractivity contribution in [3.05, 3.63) is 35.1 Å². The third kappa shape index (κ3) is 7.77. The molecule has 1 atom stereocenters. The van der Waals surface area contributed by atoms with Gasteiger partial charge in [-0.15, -0.1) is 0 Å². The van der Waals surface area contributed by atoms with Crippen molar-refractivity contribution in [2.45, 2.75) is 66.2 Å². The molecule has 4 nitrogen and oxygen atoms in total. The van der Waals surface area contributed by atoms with Gasteiger partial charge < -0.3 is 15.7 Å². The normalized spacial score (nSPS) is 13.2. The predicted octanol–water partition coefficient (Wildman–Crippen LogP) is 3.59. The monoisotopic (exact) mass is 337 g/mol. The first-order chi connectivity index (χ1) is 11.5. The Balaban J connectivity index is 2.61. The van der Waals surface area contributed by atoms with Crippen molar-refractivity contribution in [1.29, 1.82) is 0 Å². The Morgan fingerprint density at radius 3 is 2.62 bits per heavy atom. The van der Waals surface area contributed by atoms with Gasteiger partial charge in [-0.25, -0.2) is 9.38 Å². The Hall–Kier alpha value is -1.62. The van der Waals surface area contributed by atoms with E-state index < -0.39 is 0 Å². The average Bonchev–Trinajstić information content (AvgIpc) is 2.53. The van der Waals surface area contributed by atoms with E-state index in [2.05, 4.69) is 36.4 Å². The SMILES string of the molecule is CCNC(=NCc1ccc(F)c(CO)c1)NC(C)CCCC(C)C. The molecule has 0 amide bonds. The van der Waals surface area contributed by atoms with Crippen LogP contribution in [0.3, 0.4) is 0 Å². The molecule has 0 saturated carbocycles. The average molecular weight is 337 g/mol. The van der Waals surface area contributed by atoms with Gasteiger partial charge in [-0.1, -0.05) is 32.8 Å². The van der Waals surface area contributed by atoms with Gasteiger partial charge >= 0.3 is 0 Å². The molecule has 0 spiro atoms. The zero-order chi connectivity index (χ0) is 17.9. The van der Waals surface area contributed by atoms with Crippen LogP contribution in [0.5, 0.6) is 0 Å². The molecule has 1 aromatic rings. The molecule has 0 aliphatic carbocycles. The number of hydrogen-bond donors (Lipinski definition) is 3. The van der Waals surface area contributed by atoms with Crippen LogP contribution in [0.4, 0.5) is 4.39 Å². The van der Waals surface area contributed by atoms with Crippen molar-refractivity contribution in [3.8, 4) is 0 Å². The molecule has 24 heavy (non-hydrogen) atoms. The fraction of sp³-hybridized carbons (Fsp3) is 0.632. The van der Waals surface area contributed by atoms with Crippen molar-refractivity contribution in [2.75, 3.05) is 6.54 Å². The second-order valence-electron chi connectivity index (χ2n) is 6.65. The summed E-state index contributed by atoms with van der Waals surface area (Å²) >= 11 is 0. The Morgan fingerprint density at radius 1 is 1.25 bits per heavy atom. The smallest absolute Gasteiger partial charge is 0.191 e. The third-order valence-corrected chi connectivity index (χ3v) is 3.85. The number of nitrogens with zero attached hydrogens (tertiary/aromatic N) is 1. The lowest BCUT2D eigenvalue weighted by Gasteiger charge is -2.18. The van der Waals surface area contributed by atoms with Gasteiger partial charge in [-0.3, -0.25) is 0 Å². The minimum atomic E-state index is -0.381. The van der Waals surface area contributed by atoms with E-state index in [4.69, 9.17) is 5.11 Å². The number of nitrogens with one attached hydrogen (secondary N) is 2. The van der Waals surface area contributed by atoms with E-state index in [0.717, 1.165) is 30.4 Å². The van der Waals surface area contributed by atoms with E-state index in [9.17, 15) is 4.39 Å². The van der Waals surface area contributed by atoms with Gasteiger partial charge in [0.05, 0.1) is 13.2 Å². The summed E-state index contributed by atoms with van der Waals surface area (Å²) in [5.74, 6) is 1.12. The number of halogens is 1. The van der Waals surface area contributed by atoms with E-state index in [1.807, 2.05) is 6.92 Å². The van der Waals surface area contributed by atoms with E-state index in [0.29, 0.717) is 18.2 Å². The molecule has 136 valence electrons. The number of benzene rings is 1. The fourth-order valence-electron chi connectivity index (χ4n) is 2.48. The molecular formula is C19H32FN3O. The van der Waals surface area contributed by atoms with Gasteiger partial charge in [0.25, 0.3) is 0 Å². The second kappa shape index (κ2) is 11.0. The van der Waals surface area contributed by atoms with Crippen LogP contribution in [0.1, 0.15) is 58.1 Å². The van der Waals surface area contributed by atoms with Gasteiger partial charge in [-0.05, 0) is 43.9 Å². The quantitative estimate of drug-likeness (QED) is 0.477. The first-order valence-electron chi connectivity index (χ1n) is 8.89. The summed E-state index contributed by atoms with van der Waals surface area (Å²) in [6, 6.07) is 5.09. The fourth-order valence-corrected chi connectivity index (χ4v) is 2.48. The molecule has 1 aromatic carbocycles. The highest BCUT2D eigenvalue weighted by Crippen LogP contribution is 2.12. The molecule has 0 heterocycles. The third-order valence-electron chi connectivity index (χ3n) is 3.85. The summed E-state index contributed by atoms with van der Waals surface area (Å²) in [6.07, 6.45) is 3.54. The lowest BCUT2D eigenvalue weighted by molar-refractivity contribution is 0.275. The van der Waals surface area contributed by atoms with Crippen molar-refractivity contribution in [3.63, 3.8) is 0 Å². The molecule has 0 aromatic heterocycles. The summed E-state index contributed by atoms with van der Waals surface area (Å²) in [7, 11) is 0. The summed E-state index contributed by atoms with van der Waals surface area (Å²) in [5.41, 5.74) is 1.19. The molecule has 0 aliphatic heterocycles. The number of aliphatic hydroxyl groups is 1. The molecule has 0 aliphatic rings. The summed E-state index contributed by atoms with van der Waals surface area (Å²) in [5, 5.41) is 15.8. The number of aliphatic imine (C=N–C) groups is 1. The van der Waals surface area contributed by atoms with Crippen molar-refractivity contribution in [2.24, 2.45) is 10.9 Å². The molecule has 1 unspecified atom stereocenters. The summed E-state index contributed by atoms with van der Waals surface area (Å²) in [4.78, 5) is 4.56. The van der Waals surface area contributed by atoms with Crippen molar-refractivity contribution >= 4 is 5.96 Å². The van der Waals surface area contributed by atoms with E-state index >= 15 is 0 Å². The molecule has 0 bridgehead atoms. The maximum atomic E-state index is 13.4. The summed E-state index contributed by atoms with van der Waals surface area (Å²) < 4.78 is 13.4. The predicted molar refractivity (Wildman–Crippen MR) is 98.4 cm³/mol. The van der Waals surface area contributed by atoms with Crippen LogP contribution >= 0.6 is 0 Å². The van der Waals surface area contributed by atoms with Gasteiger partial charge in [0.15, 0.2) is 5.96 Å². The molecule has 1 rings (SSSR count). The Morgan fingerprint density at radius 2 is 2.00 bits per heavy atom. The van der Waals surface area contributed by atoms with Crippen LogP contribution < -0.4 is 10.6 Å². The lowest BCUT2D eigenvalue weighted by atomic mass is 10.0. The first-order valence-corrected chi connectivity index (χ1v) is 8.89.